The van der Waals surface area contributed by atoms with Crippen LogP contribution in [0.2, 0.25) is 0 Å². The molecule has 3 aromatic heterocycles. The molecule has 0 unspecified atom stereocenters. The van der Waals surface area contributed by atoms with Crippen molar-refractivity contribution in [3.8, 4) is 0 Å². The SMILES string of the molecule is CC(C)(C)c1cc2c3cc(C(C)(C)C)cc4c5c6cccccc6cc5c5c6cccccc6c6c7cc8cccccc8c7c(c1)c2n(c34)c65. The third-order valence-corrected chi connectivity index (χ3v) is 11.9. The molecule has 0 saturated heterocycles. The van der Waals surface area contributed by atoms with Gasteiger partial charge in [-0.05, 0) is 112 Å². The highest BCUT2D eigenvalue weighted by Crippen LogP contribution is 2.52. The lowest BCUT2D eigenvalue weighted by Gasteiger charge is -2.21. The molecule has 0 saturated carbocycles. The molecule has 3 heterocycles. The molecular weight excluding hydrogens is 615 g/mol. The number of nitrogens with zero attached hydrogens (tertiary/aromatic N) is 1. The van der Waals surface area contributed by atoms with Gasteiger partial charge in [0.05, 0.1) is 16.6 Å². The van der Waals surface area contributed by atoms with Crippen LogP contribution >= 0.6 is 0 Å². The van der Waals surface area contributed by atoms with Gasteiger partial charge in [-0.2, -0.15) is 0 Å². The first kappa shape index (κ1) is 29.1. The average Bonchev–Trinajstić information content (AvgIpc) is 3.53. The number of hydrogen-bond donors (Lipinski definition) is 0. The van der Waals surface area contributed by atoms with Gasteiger partial charge in [0.15, 0.2) is 0 Å². The largest absolute Gasteiger partial charge is 0.307 e. The molecule has 0 atom stereocenters. The summed E-state index contributed by atoms with van der Waals surface area (Å²) in [5.41, 5.74) is 6.65. The maximum Gasteiger partial charge on any atom is 0.0632 e. The summed E-state index contributed by atoms with van der Waals surface area (Å²) in [6.45, 7) is 14.2. The fourth-order valence-electron chi connectivity index (χ4n) is 9.43. The minimum absolute atomic E-state index is 0.0300. The van der Waals surface area contributed by atoms with Crippen molar-refractivity contribution in [3.05, 3.63) is 139 Å². The molecule has 11 rings (SSSR count). The molecular formula is C50H39N. The van der Waals surface area contributed by atoms with Crippen LogP contribution in [0.3, 0.4) is 0 Å². The van der Waals surface area contributed by atoms with E-state index in [4.69, 9.17) is 0 Å². The smallest absolute Gasteiger partial charge is 0.0632 e. The molecule has 1 nitrogen and oxygen atoms in total. The molecule has 0 fully saturated rings. The molecule has 0 bridgehead atoms. The van der Waals surface area contributed by atoms with E-state index < -0.39 is 0 Å². The standard InChI is InChI=1S/C50H39N/c1-49(2,3)30-24-36-37-25-31(50(4,5)6)27-41-43-33-19-13-8-11-17-29(33)23-39(43)45-35-21-15-9-14-20-34(35)44-38-22-28-16-10-7-12-18-32(28)42(38)40(26-30)46(36)51(47(37)41)48(44)45/h7-27H,1-6H3. The Hall–Kier alpha value is -5.66. The van der Waals surface area contributed by atoms with Crippen molar-refractivity contribution in [2.75, 3.05) is 0 Å². The van der Waals surface area contributed by atoms with Gasteiger partial charge in [0.1, 0.15) is 0 Å². The van der Waals surface area contributed by atoms with Gasteiger partial charge < -0.3 is 4.40 Å². The van der Waals surface area contributed by atoms with Gasteiger partial charge in [-0.15, -0.1) is 0 Å². The van der Waals surface area contributed by atoms with E-state index in [1.165, 1.54) is 114 Å². The zero-order valence-corrected chi connectivity index (χ0v) is 30.1. The second kappa shape index (κ2) is 9.56. The van der Waals surface area contributed by atoms with Crippen LogP contribution in [-0.4, -0.2) is 4.40 Å². The van der Waals surface area contributed by atoms with Crippen molar-refractivity contribution in [2.45, 2.75) is 52.4 Å². The van der Waals surface area contributed by atoms with Crippen LogP contribution in [-0.2, 0) is 10.8 Å². The van der Waals surface area contributed by atoms with Crippen molar-refractivity contribution in [3.63, 3.8) is 0 Å². The molecule has 0 spiro atoms. The van der Waals surface area contributed by atoms with Crippen molar-refractivity contribution in [1.82, 2.24) is 4.40 Å². The maximum atomic E-state index is 2.71. The minimum atomic E-state index is -0.0300. The van der Waals surface area contributed by atoms with Crippen molar-refractivity contribution >= 4 is 103 Å². The topological polar surface area (TPSA) is 4.41 Å². The second-order valence-corrected chi connectivity index (χ2v) is 16.9. The minimum Gasteiger partial charge on any atom is -0.307 e. The first-order chi connectivity index (χ1) is 24.6. The van der Waals surface area contributed by atoms with E-state index in [0.717, 1.165) is 0 Å². The van der Waals surface area contributed by atoms with E-state index in [1.54, 1.807) is 0 Å². The summed E-state index contributed by atoms with van der Waals surface area (Å²) in [7, 11) is 0. The van der Waals surface area contributed by atoms with Crippen LogP contribution in [0.5, 0.6) is 0 Å². The van der Waals surface area contributed by atoms with Crippen molar-refractivity contribution < 1.29 is 0 Å². The molecule has 0 aliphatic rings. The number of rotatable bonds is 0. The number of hydrogen-bond acceptors (Lipinski definition) is 0. The Bertz CT molecular complexity index is 3090. The lowest BCUT2D eigenvalue weighted by Crippen LogP contribution is -2.11. The first-order valence-corrected chi connectivity index (χ1v) is 18.4. The lowest BCUT2D eigenvalue weighted by atomic mass is 9.83. The van der Waals surface area contributed by atoms with Crippen LogP contribution in [0.15, 0.2) is 127 Å². The maximum absolute atomic E-state index is 2.71. The summed E-state index contributed by atoms with van der Waals surface area (Å²) >= 11 is 0. The first-order valence-electron chi connectivity index (χ1n) is 18.4. The van der Waals surface area contributed by atoms with E-state index in [-0.39, 0.29) is 10.8 Å². The molecule has 1 heteroatoms. The van der Waals surface area contributed by atoms with Gasteiger partial charge in [-0.25, -0.2) is 0 Å². The zero-order valence-electron chi connectivity index (χ0n) is 30.1. The van der Waals surface area contributed by atoms with Crippen LogP contribution in [0, 0.1) is 0 Å². The Kier molecular flexibility index (Phi) is 5.46. The third kappa shape index (κ3) is 3.71. The van der Waals surface area contributed by atoms with Crippen molar-refractivity contribution in [2.24, 2.45) is 0 Å². The molecule has 11 aromatic rings. The summed E-state index contributed by atoms with van der Waals surface area (Å²) < 4.78 is 2.71. The van der Waals surface area contributed by atoms with Crippen molar-refractivity contribution in [1.29, 1.82) is 0 Å². The molecule has 0 N–H and O–H groups in total. The Morgan fingerprint density at radius 3 is 1.10 bits per heavy atom. The van der Waals surface area contributed by atoms with E-state index >= 15 is 0 Å². The summed E-state index contributed by atoms with van der Waals surface area (Å²) in [5, 5.41) is 21.2. The van der Waals surface area contributed by atoms with E-state index in [2.05, 4.69) is 173 Å². The Morgan fingerprint density at radius 1 is 0.314 bits per heavy atom. The lowest BCUT2D eigenvalue weighted by molar-refractivity contribution is 0.591. The quantitative estimate of drug-likeness (QED) is 0.153. The van der Waals surface area contributed by atoms with Crippen LogP contribution in [0.25, 0.3) is 103 Å². The molecule has 51 heavy (non-hydrogen) atoms. The second-order valence-electron chi connectivity index (χ2n) is 16.9. The molecule has 244 valence electrons. The summed E-state index contributed by atoms with van der Waals surface area (Å²) in [5.74, 6) is 0. The molecule has 0 radical (unpaired) electrons. The molecule has 0 amide bonds. The summed E-state index contributed by atoms with van der Waals surface area (Å²) in [4.78, 5) is 0. The predicted octanol–water partition coefficient (Wildman–Crippen LogP) is 14.4. The summed E-state index contributed by atoms with van der Waals surface area (Å²) in [6.07, 6.45) is 0. The molecule has 0 aliphatic heterocycles. The normalized spacial score (nSPS) is 13.3. The van der Waals surface area contributed by atoms with Crippen LogP contribution in [0.1, 0.15) is 52.7 Å². The van der Waals surface area contributed by atoms with E-state index in [1.807, 2.05) is 0 Å². The fraction of sp³-hybridized carbons (Fsp3) is 0.160. The van der Waals surface area contributed by atoms with Gasteiger partial charge in [0.2, 0.25) is 0 Å². The van der Waals surface area contributed by atoms with E-state index in [9.17, 15) is 0 Å². The highest BCUT2D eigenvalue weighted by Gasteiger charge is 2.29. The number of aromatic nitrogens is 1. The van der Waals surface area contributed by atoms with Gasteiger partial charge >= 0.3 is 0 Å². The fourth-order valence-corrected chi connectivity index (χ4v) is 9.43. The summed E-state index contributed by atoms with van der Waals surface area (Å²) in [6, 6.07) is 48.8. The molecule has 8 aromatic carbocycles. The van der Waals surface area contributed by atoms with Crippen LogP contribution < -0.4 is 0 Å². The number of fused-ring (bicyclic) bond motifs is 14. The monoisotopic (exact) mass is 653 g/mol. The van der Waals surface area contributed by atoms with Gasteiger partial charge in [-0.1, -0.05) is 133 Å². The van der Waals surface area contributed by atoms with Gasteiger partial charge in [0.25, 0.3) is 0 Å². The average molecular weight is 654 g/mol. The Balaban J connectivity index is 1.64. The molecule has 0 aliphatic carbocycles. The Labute approximate surface area is 297 Å². The van der Waals surface area contributed by atoms with Gasteiger partial charge in [-0.3, -0.25) is 0 Å². The number of benzene rings is 2. The zero-order chi connectivity index (χ0) is 34.6. The highest BCUT2D eigenvalue weighted by atomic mass is 14.9. The van der Waals surface area contributed by atoms with E-state index in [0.29, 0.717) is 0 Å². The van der Waals surface area contributed by atoms with Gasteiger partial charge in [0, 0.05) is 32.3 Å². The van der Waals surface area contributed by atoms with Crippen LogP contribution in [0.4, 0.5) is 0 Å². The third-order valence-electron chi connectivity index (χ3n) is 11.9. The highest BCUT2D eigenvalue weighted by molar-refractivity contribution is 6.45. The predicted molar refractivity (Wildman–Crippen MR) is 224 cm³/mol. The Morgan fingerprint density at radius 2 is 0.686 bits per heavy atom.